The summed E-state index contributed by atoms with van der Waals surface area (Å²) in [6.07, 6.45) is 0. The Hall–Kier alpha value is -1.89. The smallest absolute Gasteiger partial charge is 0.327 e. The van der Waals surface area contributed by atoms with E-state index in [1.54, 1.807) is 12.1 Å². The lowest BCUT2D eigenvalue weighted by Gasteiger charge is -2.07. The molecule has 4 heteroatoms. The topological polar surface area (TPSA) is 50.1 Å². The number of carbonyl (C=O) groups excluding carboxylic acids is 1. The second-order valence-corrected chi connectivity index (χ2v) is 2.61. The number of carbonyl (C=O) groups is 1. The SMILES string of the molecule is COC(=O)C(C#N)c1ccccc1F. The summed E-state index contributed by atoms with van der Waals surface area (Å²) >= 11 is 0. The molecule has 0 amide bonds. The maximum absolute atomic E-state index is 13.2. The average Bonchev–Trinajstić information content (AvgIpc) is 2.21. The zero-order valence-electron chi connectivity index (χ0n) is 7.53. The van der Waals surface area contributed by atoms with Crippen molar-refractivity contribution in [1.82, 2.24) is 0 Å². The van der Waals surface area contributed by atoms with Gasteiger partial charge in [0.05, 0.1) is 13.2 Å². The Balaban J connectivity index is 3.09. The van der Waals surface area contributed by atoms with E-state index in [0.717, 1.165) is 7.11 Å². The molecule has 0 heterocycles. The molecule has 1 atom stereocenters. The fourth-order valence-corrected chi connectivity index (χ4v) is 1.08. The lowest BCUT2D eigenvalue weighted by atomic mass is 10.0. The first-order valence-electron chi connectivity index (χ1n) is 3.92. The summed E-state index contributed by atoms with van der Waals surface area (Å²) in [5, 5.41) is 8.69. The summed E-state index contributed by atoms with van der Waals surface area (Å²) in [7, 11) is 1.16. The van der Waals surface area contributed by atoms with Gasteiger partial charge in [-0.2, -0.15) is 5.26 Å². The summed E-state index contributed by atoms with van der Waals surface area (Å²) in [6, 6.07) is 7.33. The van der Waals surface area contributed by atoms with E-state index in [-0.39, 0.29) is 5.56 Å². The molecule has 3 nitrogen and oxygen atoms in total. The lowest BCUT2D eigenvalue weighted by Crippen LogP contribution is -2.13. The molecule has 1 rings (SSSR count). The molecule has 0 saturated carbocycles. The van der Waals surface area contributed by atoms with E-state index in [4.69, 9.17) is 5.26 Å². The number of esters is 1. The van der Waals surface area contributed by atoms with Crippen LogP contribution in [0.5, 0.6) is 0 Å². The van der Waals surface area contributed by atoms with Gasteiger partial charge in [-0.15, -0.1) is 0 Å². The summed E-state index contributed by atoms with van der Waals surface area (Å²) in [5.74, 6) is -2.52. The second kappa shape index (κ2) is 4.38. The van der Waals surface area contributed by atoms with Crippen LogP contribution in [0.25, 0.3) is 0 Å². The van der Waals surface area contributed by atoms with Gasteiger partial charge in [0.25, 0.3) is 0 Å². The highest BCUT2D eigenvalue weighted by molar-refractivity contribution is 5.81. The van der Waals surface area contributed by atoms with Crippen molar-refractivity contribution in [1.29, 1.82) is 5.26 Å². The third kappa shape index (κ3) is 1.88. The molecule has 0 saturated heterocycles. The third-order valence-electron chi connectivity index (χ3n) is 1.78. The van der Waals surface area contributed by atoms with E-state index in [0.29, 0.717) is 0 Å². The lowest BCUT2D eigenvalue weighted by molar-refractivity contribution is -0.141. The van der Waals surface area contributed by atoms with Crippen LogP contribution in [-0.4, -0.2) is 13.1 Å². The molecule has 14 heavy (non-hydrogen) atoms. The van der Waals surface area contributed by atoms with Crippen LogP contribution in [0.3, 0.4) is 0 Å². The fraction of sp³-hybridized carbons (Fsp3) is 0.200. The number of halogens is 1. The minimum atomic E-state index is -1.19. The number of hydrogen-bond acceptors (Lipinski definition) is 3. The fourth-order valence-electron chi connectivity index (χ4n) is 1.08. The van der Waals surface area contributed by atoms with Crippen molar-refractivity contribution in [3.05, 3.63) is 35.6 Å². The Morgan fingerprint density at radius 2 is 2.21 bits per heavy atom. The number of nitriles is 1. The molecule has 0 aliphatic rings. The highest BCUT2D eigenvalue weighted by Gasteiger charge is 2.23. The summed E-state index contributed by atoms with van der Waals surface area (Å²) in [6.45, 7) is 0. The van der Waals surface area contributed by atoms with Gasteiger partial charge in [0.2, 0.25) is 0 Å². The quantitative estimate of drug-likeness (QED) is 0.670. The van der Waals surface area contributed by atoms with Gasteiger partial charge in [-0.05, 0) is 6.07 Å². The van der Waals surface area contributed by atoms with E-state index in [1.165, 1.54) is 18.2 Å². The van der Waals surface area contributed by atoms with Crippen molar-refractivity contribution in [3.63, 3.8) is 0 Å². The number of methoxy groups -OCH3 is 1. The van der Waals surface area contributed by atoms with Crippen molar-refractivity contribution >= 4 is 5.97 Å². The van der Waals surface area contributed by atoms with Crippen molar-refractivity contribution in [2.45, 2.75) is 5.92 Å². The van der Waals surface area contributed by atoms with Crippen molar-refractivity contribution in [2.24, 2.45) is 0 Å². The molecule has 0 aromatic heterocycles. The van der Waals surface area contributed by atoms with Crippen LogP contribution in [0.4, 0.5) is 4.39 Å². The summed E-state index contributed by atoms with van der Waals surface area (Å²) in [4.78, 5) is 11.1. The van der Waals surface area contributed by atoms with Crippen molar-refractivity contribution in [3.8, 4) is 6.07 Å². The van der Waals surface area contributed by atoms with E-state index in [2.05, 4.69) is 4.74 Å². The predicted molar refractivity (Wildman–Crippen MR) is 46.8 cm³/mol. The first-order chi connectivity index (χ1) is 6.70. The molecule has 0 N–H and O–H groups in total. The molecule has 0 radical (unpaired) electrons. The Bertz CT molecular complexity index is 384. The highest BCUT2D eigenvalue weighted by atomic mass is 19.1. The number of benzene rings is 1. The minimum Gasteiger partial charge on any atom is -0.468 e. The van der Waals surface area contributed by atoms with Gasteiger partial charge in [0.1, 0.15) is 5.82 Å². The van der Waals surface area contributed by atoms with Gasteiger partial charge in [-0.3, -0.25) is 4.79 Å². The first kappa shape index (κ1) is 10.2. The molecule has 1 aromatic rings. The molecule has 72 valence electrons. The van der Waals surface area contributed by atoms with Gasteiger partial charge in [0.15, 0.2) is 5.92 Å². The normalized spacial score (nSPS) is 11.5. The molecule has 0 bridgehead atoms. The van der Waals surface area contributed by atoms with Crippen molar-refractivity contribution < 1.29 is 13.9 Å². The standard InChI is InChI=1S/C10H8FNO2/c1-14-10(13)8(6-12)7-4-2-3-5-9(7)11/h2-5,8H,1H3. The Morgan fingerprint density at radius 1 is 1.57 bits per heavy atom. The first-order valence-corrected chi connectivity index (χ1v) is 3.92. The van der Waals surface area contributed by atoms with Crippen LogP contribution >= 0.6 is 0 Å². The maximum Gasteiger partial charge on any atom is 0.327 e. The Kier molecular flexibility index (Phi) is 3.19. The Morgan fingerprint density at radius 3 is 2.71 bits per heavy atom. The number of nitrogens with zero attached hydrogens (tertiary/aromatic N) is 1. The molecule has 1 unspecified atom stereocenters. The largest absolute Gasteiger partial charge is 0.468 e. The zero-order valence-corrected chi connectivity index (χ0v) is 7.53. The van der Waals surface area contributed by atoms with Gasteiger partial charge >= 0.3 is 5.97 Å². The van der Waals surface area contributed by atoms with E-state index in [9.17, 15) is 9.18 Å². The van der Waals surface area contributed by atoms with Crippen LogP contribution in [0.1, 0.15) is 11.5 Å². The maximum atomic E-state index is 13.2. The van der Waals surface area contributed by atoms with Gasteiger partial charge in [-0.25, -0.2) is 4.39 Å². The highest BCUT2D eigenvalue weighted by Crippen LogP contribution is 2.19. The van der Waals surface area contributed by atoms with E-state index in [1.807, 2.05) is 0 Å². The van der Waals surface area contributed by atoms with E-state index >= 15 is 0 Å². The molecular formula is C10H8FNO2. The van der Waals surface area contributed by atoms with E-state index < -0.39 is 17.7 Å². The van der Waals surface area contributed by atoms with Crippen LogP contribution in [0.15, 0.2) is 24.3 Å². The van der Waals surface area contributed by atoms with Gasteiger partial charge < -0.3 is 4.74 Å². The van der Waals surface area contributed by atoms with Crippen LogP contribution in [0.2, 0.25) is 0 Å². The second-order valence-electron chi connectivity index (χ2n) is 2.61. The summed E-state index contributed by atoms with van der Waals surface area (Å²) in [5.41, 5.74) is 0.0434. The Labute approximate surface area is 80.7 Å². The predicted octanol–water partition coefficient (Wildman–Crippen LogP) is 1.61. The minimum absolute atomic E-state index is 0.0434. The third-order valence-corrected chi connectivity index (χ3v) is 1.78. The number of hydrogen-bond donors (Lipinski definition) is 0. The molecule has 0 fully saturated rings. The molecule has 1 aromatic carbocycles. The van der Waals surface area contributed by atoms with Crippen LogP contribution in [-0.2, 0) is 9.53 Å². The molecular weight excluding hydrogens is 185 g/mol. The summed E-state index contributed by atoms with van der Waals surface area (Å²) < 4.78 is 17.5. The number of ether oxygens (including phenoxy) is 1. The van der Waals surface area contributed by atoms with Crippen LogP contribution in [0, 0.1) is 17.1 Å². The monoisotopic (exact) mass is 193 g/mol. The van der Waals surface area contributed by atoms with Crippen LogP contribution < -0.4 is 0 Å². The van der Waals surface area contributed by atoms with Crippen molar-refractivity contribution in [2.75, 3.05) is 7.11 Å². The van der Waals surface area contributed by atoms with Gasteiger partial charge in [0, 0.05) is 5.56 Å². The zero-order chi connectivity index (χ0) is 10.6. The molecule has 0 aliphatic carbocycles. The number of rotatable bonds is 2. The molecule has 0 spiro atoms. The average molecular weight is 193 g/mol. The molecule has 0 aliphatic heterocycles. The van der Waals surface area contributed by atoms with Gasteiger partial charge in [-0.1, -0.05) is 18.2 Å².